The molecule has 2 amide bonds. The quantitative estimate of drug-likeness (QED) is 0.630. The van der Waals surface area contributed by atoms with Gasteiger partial charge in [0.2, 0.25) is 5.91 Å². The summed E-state index contributed by atoms with van der Waals surface area (Å²) in [6, 6.07) is 0. The average molecular weight is 212 g/mol. The highest BCUT2D eigenvalue weighted by Gasteiger charge is 2.45. The van der Waals surface area contributed by atoms with Crippen molar-refractivity contribution in [2.24, 2.45) is 5.41 Å². The average Bonchev–Trinajstić information content (AvgIpc) is 2.61. The van der Waals surface area contributed by atoms with Crippen LogP contribution in [0.3, 0.4) is 0 Å². The van der Waals surface area contributed by atoms with E-state index in [0.717, 1.165) is 25.8 Å². The van der Waals surface area contributed by atoms with Crippen molar-refractivity contribution in [3.8, 4) is 0 Å². The van der Waals surface area contributed by atoms with Crippen molar-refractivity contribution in [3.63, 3.8) is 0 Å². The van der Waals surface area contributed by atoms with E-state index in [1.165, 1.54) is 7.11 Å². The molecule has 1 spiro atoms. The Morgan fingerprint density at radius 1 is 1.40 bits per heavy atom. The van der Waals surface area contributed by atoms with Crippen molar-refractivity contribution in [1.29, 1.82) is 0 Å². The van der Waals surface area contributed by atoms with Crippen molar-refractivity contribution in [2.75, 3.05) is 26.7 Å². The molecule has 0 radical (unpaired) electrons. The van der Waals surface area contributed by atoms with Gasteiger partial charge in [-0.1, -0.05) is 0 Å². The third-order valence-corrected chi connectivity index (χ3v) is 3.52. The molecule has 5 nitrogen and oxygen atoms in total. The molecule has 84 valence electrons. The summed E-state index contributed by atoms with van der Waals surface area (Å²) in [4.78, 5) is 24.6. The van der Waals surface area contributed by atoms with Crippen LogP contribution in [0, 0.1) is 5.41 Å². The van der Waals surface area contributed by atoms with Crippen LogP contribution in [-0.4, -0.2) is 43.6 Å². The first-order valence-corrected chi connectivity index (χ1v) is 5.29. The van der Waals surface area contributed by atoms with Crippen LogP contribution in [0.1, 0.15) is 19.3 Å². The Morgan fingerprint density at radius 2 is 2.07 bits per heavy atom. The number of hydrogen-bond acceptors (Lipinski definition) is 3. The zero-order chi connectivity index (χ0) is 10.9. The van der Waals surface area contributed by atoms with E-state index >= 15 is 0 Å². The van der Waals surface area contributed by atoms with E-state index in [-0.39, 0.29) is 17.4 Å². The first-order valence-electron chi connectivity index (χ1n) is 5.29. The molecule has 0 atom stereocenters. The van der Waals surface area contributed by atoms with E-state index in [0.29, 0.717) is 13.1 Å². The molecule has 0 unspecified atom stereocenters. The van der Waals surface area contributed by atoms with E-state index in [4.69, 9.17) is 0 Å². The molecule has 0 aromatic heterocycles. The van der Waals surface area contributed by atoms with E-state index in [9.17, 15) is 9.59 Å². The van der Waals surface area contributed by atoms with Crippen molar-refractivity contribution < 1.29 is 14.3 Å². The lowest BCUT2D eigenvalue weighted by Crippen LogP contribution is -2.46. The molecule has 2 saturated heterocycles. The van der Waals surface area contributed by atoms with Gasteiger partial charge >= 0.3 is 6.09 Å². The van der Waals surface area contributed by atoms with Crippen LogP contribution in [0.4, 0.5) is 4.79 Å². The molecule has 0 aromatic rings. The second-order valence-electron chi connectivity index (χ2n) is 4.24. The summed E-state index contributed by atoms with van der Waals surface area (Å²) < 4.78 is 4.65. The molecule has 2 aliphatic rings. The minimum Gasteiger partial charge on any atom is -0.453 e. The summed E-state index contributed by atoms with van der Waals surface area (Å²) in [6.45, 7) is 2.03. The van der Waals surface area contributed by atoms with Crippen LogP contribution in [0.25, 0.3) is 0 Å². The van der Waals surface area contributed by atoms with Crippen molar-refractivity contribution >= 4 is 12.0 Å². The Hall–Kier alpha value is -1.26. The maximum atomic E-state index is 11.7. The first kappa shape index (κ1) is 10.3. The fourth-order valence-electron chi connectivity index (χ4n) is 2.44. The number of rotatable bonds is 0. The molecule has 0 aromatic carbocycles. The molecule has 15 heavy (non-hydrogen) atoms. The summed E-state index contributed by atoms with van der Waals surface area (Å²) >= 11 is 0. The van der Waals surface area contributed by atoms with Crippen LogP contribution in [0.5, 0.6) is 0 Å². The largest absolute Gasteiger partial charge is 0.453 e. The van der Waals surface area contributed by atoms with Crippen LogP contribution in [0.2, 0.25) is 0 Å². The molecule has 2 rings (SSSR count). The monoisotopic (exact) mass is 212 g/mol. The van der Waals surface area contributed by atoms with Gasteiger partial charge in [-0.25, -0.2) is 4.79 Å². The van der Waals surface area contributed by atoms with E-state index in [1.807, 2.05) is 0 Å². The summed E-state index contributed by atoms with van der Waals surface area (Å²) in [5, 5.41) is 2.86. The molecule has 0 bridgehead atoms. The van der Waals surface area contributed by atoms with Gasteiger partial charge in [-0.3, -0.25) is 4.79 Å². The number of nitrogens with zero attached hydrogens (tertiary/aromatic N) is 1. The second-order valence-corrected chi connectivity index (χ2v) is 4.24. The van der Waals surface area contributed by atoms with E-state index in [1.54, 1.807) is 4.90 Å². The van der Waals surface area contributed by atoms with Gasteiger partial charge in [0.1, 0.15) is 0 Å². The fraction of sp³-hybridized carbons (Fsp3) is 0.800. The Balaban J connectivity index is 1.97. The lowest BCUT2D eigenvalue weighted by Gasteiger charge is -2.36. The smallest absolute Gasteiger partial charge is 0.409 e. The van der Waals surface area contributed by atoms with Gasteiger partial charge in [-0.15, -0.1) is 0 Å². The predicted molar refractivity (Wildman–Crippen MR) is 53.3 cm³/mol. The van der Waals surface area contributed by atoms with Gasteiger partial charge in [0.15, 0.2) is 0 Å². The number of carbonyl (C=O) groups excluding carboxylic acids is 2. The highest BCUT2D eigenvalue weighted by atomic mass is 16.5. The van der Waals surface area contributed by atoms with Crippen LogP contribution in [-0.2, 0) is 9.53 Å². The third-order valence-electron chi connectivity index (χ3n) is 3.52. The molecular weight excluding hydrogens is 196 g/mol. The van der Waals surface area contributed by atoms with Gasteiger partial charge < -0.3 is 15.0 Å². The summed E-state index contributed by atoms with van der Waals surface area (Å²) in [7, 11) is 1.38. The molecular formula is C10H16N2O3. The highest BCUT2D eigenvalue weighted by molar-refractivity contribution is 5.85. The molecule has 2 heterocycles. The normalized spacial score (nSPS) is 24.1. The maximum absolute atomic E-state index is 11.7. The minimum absolute atomic E-state index is 0.159. The first-order chi connectivity index (χ1) is 7.18. The molecule has 0 saturated carbocycles. The van der Waals surface area contributed by atoms with Crippen LogP contribution in [0.15, 0.2) is 0 Å². The summed E-state index contributed by atoms with van der Waals surface area (Å²) in [6.07, 6.45) is 2.13. The topological polar surface area (TPSA) is 58.6 Å². The third kappa shape index (κ3) is 1.66. The van der Waals surface area contributed by atoms with Gasteiger partial charge in [-0.2, -0.15) is 0 Å². The molecule has 2 aliphatic heterocycles. The van der Waals surface area contributed by atoms with Crippen LogP contribution >= 0.6 is 0 Å². The Bertz CT molecular complexity index is 282. The van der Waals surface area contributed by atoms with Gasteiger partial charge in [-0.05, 0) is 19.3 Å². The number of likely N-dealkylation sites (tertiary alicyclic amines) is 1. The minimum atomic E-state index is -0.289. The number of ether oxygens (including phenoxy) is 1. The predicted octanol–water partition coefficient (Wildman–Crippen LogP) is 0.355. The zero-order valence-corrected chi connectivity index (χ0v) is 8.91. The Labute approximate surface area is 88.8 Å². The number of amides is 2. The lowest BCUT2D eigenvalue weighted by molar-refractivity contribution is -0.129. The molecule has 1 N–H and O–H groups in total. The van der Waals surface area contributed by atoms with Crippen molar-refractivity contribution in [3.05, 3.63) is 0 Å². The van der Waals surface area contributed by atoms with Crippen molar-refractivity contribution in [2.45, 2.75) is 19.3 Å². The van der Waals surface area contributed by atoms with Crippen LogP contribution < -0.4 is 5.32 Å². The molecule has 2 fully saturated rings. The Kier molecular flexibility index (Phi) is 2.54. The van der Waals surface area contributed by atoms with E-state index < -0.39 is 0 Å². The number of methoxy groups -OCH3 is 1. The number of piperidine rings is 1. The summed E-state index contributed by atoms with van der Waals surface area (Å²) in [5.74, 6) is 0.159. The van der Waals surface area contributed by atoms with Gasteiger partial charge in [0.05, 0.1) is 12.5 Å². The molecule has 5 heteroatoms. The second kappa shape index (κ2) is 3.72. The highest BCUT2D eigenvalue weighted by Crippen LogP contribution is 2.37. The number of hydrogen-bond donors (Lipinski definition) is 1. The van der Waals surface area contributed by atoms with Crippen molar-refractivity contribution in [1.82, 2.24) is 10.2 Å². The van der Waals surface area contributed by atoms with Gasteiger partial charge in [0.25, 0.3) is 0 Å². The molecule has 0 aliphatic carbocycles. The summed E-state index contributed by atoms with van der Waals surface area (Å²) in [5.41, 5.74) is -0.204. The van der Waals surface area contributed by atoms with Gasteiger partial charge in [0, 0.05) is 19.6 Å². The Morgan fingerprint density at radius 3 is 2.53 bits per heavy atom. The lowest BCUT2D eigenvalue weighted by atomic mass is 9.77. The zero-order valence-electron chi connectivity index (χ0n) is 8.91. The fourth-order valence-corrected chi connectivity index (χ4v) is 2.44. The van der Waals surface area contributed by atoms with E-state index in [2.05, 4.69) is 10.1 Å². The SMILES string of the molecule is COC(=O)N1CCC2(CCNC2=O)CC1. The number of nitrogens with one attached hydrogen (secondary N) is 1. The number of carbonyl (C=O) groups is 2. The maximum Gasteiger partial charge on any atom is 0.409 e. The standard InChI is InChI=1S/C10H16N2O3/c1-15-9(14)12-6-3-10(4-7-12)2-5-11-8(10)13/h2-7H2,1H3,(H,11,13).